The fraction of sp³-hybridized carbons (Fsp3) is 0.421. The molecule has 0 unspecified atom stereocenters. The minimum absolute atomic E-state index is 0.642. The highest BCUT2D eigenvalue weighted by Gasteiger charge is 2.12. The van der Waals surface area contributed by atoms with Gasteiger partial charge < -0.3 is 15.2 Å². The third-order valence-electron chi connectivity index (χ3n) is 4.91. The Balaban J connectivity index is 1.50. The number of likely N-dealkylation sites (tertiary alicyclic amines) is 1. The van der Waals surface area contributed by atoms with E-state index < -0.39 is 0 Å². The molecule has 0 spiro atoms. The number of nitriles is 1. The summed E-state index contributed by atoms with van der Waals surface area (Å²) in [5.41, 5.74) is 2.37. The number of hydrogen-bond donors (Lipinski definition) is 2. The molecule has 0 aliphatic carbocycles. The van der Waals surface area contributed by atoms with Crippen molar-refractivity contribution in [3.63, 3.8) is 0 Å². The summed E-state index contributed by atoms with van der Waals surface area (Å²) in [6, 6.07) is 7.84. The van der Waals surface area contributed by atoms with Gasteiger partial charge in [-0.15, -0.1) is 0 Å². The zero-order valence-electron chi connectivity index (χ0n) is 14.3. The molecule has 1 aromatic carbocycles. The van der Waals surface area contributed by atoms with E-state index >= 15 is 0 Å². The maximum atomic E-state index is 9.07. The van der Waals surface area contributed by atoms with Gasteiger partial charge in [0.1, 0.15) is 17.8 Å². The van der Waals surface area contributed by atoms with Gasteiger partial charge in [0.2, 0.25) is 0 Å². The van der Waals surface area contributed by atoms with Gasteiger partial charge in [-0.1, -0.05) is 12.5 Å². The molecule has 0 atom stereocenters. The first-order chi connectivity index (χ1) is 12.3. The first-order valence-electron chi connectivity index (χ1n) is 8.98. The molecule has 1 aliphatic heterocycles. The van der Waals surface area contributed by atoms with Gasteiger partial charge in [0.25, 0.3) is 0 Å². The van der Waals surface area contributed by atoms with Crippen molar-refractivity contribution in [2.24, 2.45) is 0 Å². The predicted octanol–water partition coefficient (Wildman–Crippen LogP) is 3.27. The van der Waals surface area contributed by atoms with E-state index in [1.165, 1.54) is 32.4 Å². The Bertz CT molecular complexity index is 917. The standard InChI is InChI=1S/C19H22N6/c20-12-14-5-6-15-16(11-14)24-19-17(15)18(22-13-23-19)21-7-4-10-25-8-2-1-3-9-25/h5-6,11,13H,1-4,7-10H2,(H2,21,22,23,24). The van der Waals surface area contributed by atoms with Crippen LogP contribution in [-0.2, 0) is 0 Å². The summed E-state index contributed by atoms with van der Waals surface area (Å²) in [5, 5.41) is 14.6. The van der Waals surface area contributed by atoms with Crippen LogP contribution in [0, 0.1) is 11.3 Å². The van der Waals surface area contributed by atoms with Crippen LogP contribution in [-0.4, -0.2) is 46.0 Å². The molecule has 0 bridgehead atoms. The van der Waals surface area contributed by atoms with Gasteiger partial charge in [0.05, 0.1) is 17.0 Å². The number of H-pyrrole nitrogens is 1. The summed E-state index contributed by atoms with van der Waals surface area (Å²) < 4.78 is 0. The van der Waals surface area contributed by atoms with Gasteiger partial charge in [-0.25, -0.2) is 9.97 Å². The highest BCUT2D eigenvalue weighted by molar-refractivity contribution is 6.11. The second-order valence-corrected chi connectivity index (χ2v) is 6.63. The Morgan fingerprint density at radius 3 is 2.92 bits per heavy atom. The summed E-state index contributed by atoms with van der Waals surface area (Å²) in [6.07, 6.45) is 6.73. The van der Waals surface area contributed by atoms with E-state index in [0.29, 0.717) is 5.56 Å². The number of fused-ring (bicyclic) bond motifs is 3. The number of benzene rings is 1. The first-order valence-corrected chi connectivity index (χ1v) is 8.98. The molecule has 3 heterocycles. The molecule has 1 saturated heterocycles. The molecule has 1 fully saturated rings. The number of nitrogens with zero attached hydrogens (tertiary/aromatic N) is 4. The zero-order chi connectivity index (χ0) is 17.1. The normalized spacial score (nSPS) is 15.5. The van der Waals surface area contributed by atoms with Crippen molar-refractivity contribution in [1.82, 2.24) is 19.9 Å². The lowest BCUT2D eigenvalue weighted by Gasteiger charge is -2.26. The van der Waals surface area contributed by atoms with Gasteiger partial charge >= 0.3 is 0 Å². The van der Waals surface area contributed by atoms with Crippen LogP contribution in [0.4, 0.5) is 5.82 Å². The van der Waals surface area contributed by atoms with Crippen LogP contribution >= 0.6 is 0 Å². The molecule has 2 N–H and O–H groups in total. The van der Waals surface area contributed by atoms with Crippen molar-refractivity contribution in [2.45, 2.75) is 25.7 Å². The summed E-state index contributed by atoms with van der Waals surface area (Å²) in [5.74, 6) is 0.861. The molecule has 1 aliphatic rings. The third kappa shape index (κ3) is 3.28. The average molecular weight is 334 g/mol. The average Bonchev–Trinajstić information content (AvgIpc) is 3.04. The van der Waals surface area contributed by atoms with Crippen LogP contribution < -0.4 is 5.32 Å². The molecule has 4 rings (SSSR count). The lowest BCUT2D eigenvalue weighted by molar-refractivity contribution is 0.228. The molecule has 6 heteroatoms. The fourth-order valence-corrected chi connectivity index (χ4v) is 3.62. The molecule has 3 aromatic rings. The molecule has 128 valence electrons. The predicted molar refractivity (Wildman–Crippen MR) is 99.5 cm³/mol. The molecular formula is C19H22N6. The van der Waals surface area contributed by atoms with Gasteiger partial charge in [-0.2, -0.15) is 5.26 Å². The van der Waals surface area contributed by atoms with Crippen molar-refractivity contribution in [2.75, 3.05) is 31.5 Å². The highest BCUT2D eigenvalue weighted by Crippen LogP contribution is 2.29. The van der Waals surface area contributed by atoms with Crippen LogP contribution in [0.25, 0.3) is 21.9 Å². The maximum absolute atomic E-state index is 9.07. The van der Waals surface area contributed by atoms with Crippen molar-refractivity contribution in [3.8, 4) is 6.07 Å². The minimum Gasteiger partial charge on any atom is -0.369 e. The van der Waals surface area contributed by atoms with Crippen molar-refractivity contribution < 1.29 is 0 Å². The van der Waals surface area contributed by atoms with Gasteiger partial charge in [-0.3, -0.25) is 0 Å². The number of hydrogen-bond acceptors (Lipinski definition) is 5. The second kappa shape index (κ2) is 7.08. The number of piperidine rings is 1. The Labute approximate surface area is 146 Å². The largest absolute Gasteiger partial charge is 0.369 e. The van der Waals surface area contributed by atoms with E-state index in [0.717, 1.165) is 47.3 Å². The second-order valence-electron chi connectivity index (χ2n) is 6.63. The number of aromatic amines is 1. The summed E-state index contributed by atoms with van der Waals surface area (Å²) in [4.78, 5) is 14.6. The Hall–Kier alpha value is -2.65. The van der Waals surface area contributed by atoms with Gasteiger partial charge in [0.15, 0.2) is 0 Å². The van der Waals surface area contributed by atoms with Crippen molar-refractivity contribution in [1.29, 1.82) is 5.26 Å². The van der Waals surface area contributed by atoms with Gasteiger partial charge in [0, 0.05) is 17.4 Å². The topological polar surface area (TPSA) is 80.6 Å². The van der Waals surface area contributed by atoms with E-state index in [4.69, 9.17) is 5.26 Å². The molecule has 2 aromatic heterocycles. The van der Waals surface area contributed by atoms with Gasteiger partial charge in [-0.05, 0) is 51.0 Å². The van der Waals surface area contributed by atoms with E-state index in [-0.39, 0.29) is 0 Å². The fourth-order valence-electron chi connectivity index (χ4n) is 3.62. The highest BCUT2D eigenvalue weighted by atomic mass is 15.1. The number of aromatic nitrogens is 3. The monoisotopic (exact) mass is 334 g/mol. The van der Waals surface area contributed by atoms with Crippen molar-refractivity contribution >= 4 is 27.8 Å². The summed E-state index contributed by atoms with van der Waals surface area (Å²) in [6.45, 7) is 4.51. The van der Waals surface area contributed by atoms with E-state index in [9.17, 15) is 0 Å². The minimum atomic E-state index is 0.642. The van der Waals surface area contributed by atoms with Crippen molar-refractivity contribution in [3.05, 3.63) is 30.1 Å². The molecule has 6 nitrogen and oxygen atoms in total. The smallest absolute Gasteiger partial charge is 0.143 e. The maximum Gasteiger partial charge on any atom is 0.143 e. The zero-order valence-corrected chi connectivity index (χ0v) is 14.3. The molecule has 0 saturated carbocycles. The Kier molecular flexibility index (Phi) is 4.49. The van der Waals surface area contributed by atoms with Crippen LogP contribution in [0.2, 0.25) is 0 Å². The third-order valence-corrected chi connectivity index (χ3v) is 4.91. The van der Waals surface area contributed by atoms with Crippen LogP contribution in [0.3, 0.4) is 0 Å². The lowest BCUT2D eigenvalue weighted by Crippen LogP contribution is -2.31. The quantitative estimate of drug-likeness (QED) is 0.700. The van der Waals surface area contributed by atoms with Crippen LogP contribution in [0.15, 0.2) is 24.5 Å². The molecule has 0 radical (unpaired) electrons. The summed E-state index contributed by atoms with van der Waals surface area (Å²) in [7, 11) is 0. The summed E-state index contributed by atoms with van der Waals surface area (Å²) >= 11 is 0. The first kappa shape index (κ1) is 15.9. The van der Waals surface area contributed by atoms with E-state index in [1.54, 1.807) is 6.33 Å². The molecule has 0 amide bonds. The molecular weight excluding hydrogens is 312 g/mol. The number of rotatable bonds is 5. The van der Waals surface area contributed by atoms with Crippen LogP contribution in [0.1, 0.15) is 31.2 Å². The Morgan fingerprint density at radius 1 is 1.20 bits per heavy atom. The SMILES string of the molecule is N#Cc1ccc2c(c1)[nH]c1ncnc(NCCCN3CCCCC3)c12. The lowest BCUT2D eigenvalue weighted by atomic mass is 10.1. The van der Waals surface area contributed by atoms with E-state index in [1.807, 2.05) is 18.2 Å². The molecule has 25 heavy (non-hydrogen) atoms. The number of anilines is 1. The number of nitrogens with one attached hydrogen (secondary N) is 2. The van der Waals surface area contributed by atoms with Crippen LogP contribution in [0.5, 0.6) is 0 Å². The Morgan fingerprint density at radius 2 is 2.08 bits per heavy atom. The van der Waals surface area contributed by atoms with E-state index in [2.05, 4.69) is 31.2 Å².